The second-order valence-corrected chi connectivity index (χ2v) is 3.96. The number of nitrogens with one attached hydrogen (secondary N) is 1. The first-order chi connectivity index (χ1) is 7.27. The first-order valence-electron chi connectivity index (χ1n) is 5.32. The fourth-order valence-corrected chi connectivity index (χ4v) is 1.52. The third kappa shape index (κ3) is 3.42. The predicted molar refractivity (Wildman–Crippen MR) is 68.0 cm³/mol. The quantitative estimate of drug-likeness (QED) is 0.875. The highest BCUT2D eigenvalue weighted by molar-refractivity contribution is 5.85. The highest BCUT2D eigenvalue weighted by atomic mass is 35.5. The maximum Gasteiger partial charge on any atom is 0.241 e. The lowest BCUT2D eigenvalue weighted by Gasteiger charge is -2.16. The largest absolute Gasteiger partial charge is 0.376 e. The molecule has 16 heavy (non-hydrogen) atoms. The molecule has 1 aliphatic carbocycles. The maximum atomic E-state index is 11.7. The number of halogens is 1. The van der Waals surface area contributed by atoms with Gasteiger partial charge in [0.1, 0.15) is 0 Å². The van der Waals surface area contributed by atoms with E-state index in [2.05, 4.69) is 5.32 Å². The van der Waals surface area contributed by atoms with Gasteiger partial charge in [-0.05, 0) is 25.0 Å². The molecule has 0 heterocycles. The van der Waals surface area contributed by atoms with Gasteiger partial charge in [-0.3, -0.25) is 4.79 Å². The molecule has 0 atom stereocenters. The van der Waals surface area contributed by atoms with Gasteiger partial charge in [0.2, 0.25) is 5.91 Å². The van der Waals surface area contributed by atoms with E-state index >= 15 is 0 Å². The minimum absolute atomic E-state index is 0. The van der Waals surface area contributed by atoms with E-state index in [1.807, 2.05) is 42.3 Å². The van der Waals surface area contributed by atoms with Gasteiger partial charge in [-0.1, -0.05) is 18.2 Å². The zero-order valence-electron chi connectivity index (χ0n) is 9.35. The van der Waals surface area contributed by atoms with Crippen LogP contribution in [0.1, 0.15) is 12.8 Å². The van der Waals surface area contributed by atoms with Crippen LogP contribution >= 0.6 is 12.4 Å². The van der Waals surface area contributed by atoms with E-state index in [0.29, 0.717) is 12.6 Å². The van der Waals surface area contributed by atoms with Crippen LogP contribution in [0.2, 0.25) is 0 Å². The molecule has 2 rings (SSSR count). The van der Waals surface area contributed by atoms with Gasteiger partial charge >= 0.3 is 0 Å². The Morgan fingerprint density at radius 3 is 2.56 bits per heavy atom. The van der Waals surface area contributed by atoms with Crippen molar-refractivity contribution in [3.05, 3.63) is 30.3 Å². The van der Waals surface area contributed by atoms with Gasteiger partial charge < -0.3 is 10.2 Å². The Bertz CT molecular complexity index is 338. The number of amides is 1. The molecule has 1 fully saturated rings. The van der Waals surface area contributed by atoms with Gasteiger partial charge in [-0.25, -0.2) is 0 Å². The molecule has 0 spiro atoms. The van der Waals surface area contributed by atoms with Crippen molar-refractivity contribution in [2.45, 2.75) is 18.9 Å². The van der Waals surface area contributed by atoms with Crippen molar-refractivity contribution in [1.29, 1.82) is 0 Å². The summed E-state index contributed by atoms with van der Waals surface area (Å²) in [4.78, 5) is 13.5. The van der Waals surface area contributed by atoms with E-state index in [9.17, 15) is 4.79 Å². The average molecular weight is 241 g/mol. The molecule has 1 N–H and O–H groups in total. The highest BCUT2D eigenvalue weighted by Gasteiger charge is 2.28. The van der Waals surface area contributed by atoms with Crippen LogP contribution in [-0.4, -0.2) is 30.4 Å². The fraction of sp³-hybridized carbons (Fsp3) is 0.417. The number of carbonyl (C=O) groups excluding carboxylic acids is 1. The Balaban J connectivity index is 0.00000128. The second kappa shape index (κ2) is 5.75. The van der Waals surface area contributed by atoms with Crippen molar-refractivity contribution < 1.29 is 4.79 Å². The summed E-state index contributed by atoms with van der Waals surface area (Å²) >= 11 is 0. The van der Waals surface area contributed by atoms with E-state index < -0.39 is 0 Å². The SMILES string of the molecule is CN(C(=O)CNc1ccccc1)C1CC1.Cl. The molecule has 1 aliphatic rings. The topological polar surface area (TPSA) is 32.3 Å². The number of hydrogen-bond acceptors (Lipinski definition) is 2. The van der Waals surface area contributed by atoms with Gasteiger partial charge in [0.05, 0.1) is 6.54 Å². The number of hydrogen-bond donors (Lipinski definition) is 1. The van der Waals surface area contributed by atoms with E-state index in [1.165, 1.54) is 0 Å². The molecule has 4 heteroatoms. The molecule has 0 unspecified atom stereocenters. The average Bonchev–Trinajstić information content (AvgIpc) is 3.10. The third-order valence-corrected chi connectivity index (χ3v) is 2.71. The number of nitrogens with zero attached hydrogens (tertiary/aromatic N) is 1. The van der Waals surface area contributed by atoms with Crippen LogP contribution in [0.3, 0.4) is 0 Å². The molecule has 0 radical (unpaired) electrons. The zero-order valence-corrected chi connectivity index (χ0v) is 10.2. The molecule has 1 aromatic rings. The number of benzene rings is 1. The Morgan fingerprint density at radius 2 is 2.00 bits per heavy atom. The van der Waals surface area contributed by atoms with Crippen LogP contribution in [0.25, 0.3) is 0 Å². The summed E-state index contributed by atoms with van der Waals surface area (Å²) in [5.74, 6) is 0.168. The summed E-state index contributed by atoms with van der Waals surface area (Å²) in [6.45, 7) is 0.386. The van der Waals surface area contributed by atoms with Gasteiger partial charge in [-0.2, -0.15) is 0 Å². The van der Waals surface area contributed by atoms with Crippen LogP contribution in [-0.2, 0) is 4.79 Å². The van der Waals surface area contributed by atoms with Crippen LogP contribution in [0.5, 0.6) is 0 Å². The maximum absolute atomic E-state index is 11.7. The first kappa shape index (κ1) is 12.8. The zero-order chi connectivity index (χ0) is 10.7. The summed E-state index contributed by atoms with van der Waals surface area (Å²) in [6.07, 6.45) is 2.32. The minimum atomic E-state index is 0. The molecule has 0 bridgehead atoms. The number of para-hydroxylation sites is 1. The summed E-state index contributed by atoms with van der Waals surface area (Å²) in [7, 11) is 1.88. The molecule has 3 nitrogen and oxygen atoms in total. The van der Waals surface area contributed by atoms with Crippen molar-refractivity contribution in [1.82, 2.24) is 4.90 Å². The highest BCUT2D eigenvalue weighted by Crippen LogP contribution is 2.25. The monoisotopic (exact) mass is 240 g/mol. The van der Waals surface area contributed by atoms with Crippen LogP contribution in [0.15, 0.2) is 30.3 Å². The third-order valence-electron chi connectivity index (χ3n) is 2.71. The molecule has 1 aromatic carbocycles. The Hall–Kier alpha value is -1.22. The van der Waals surface area contributed by atoms with Crippen molar-refractivity contribution in [2.24, 2.45) is 0 Å². The normalized spacial score (nSPS) is 13.8. The number of carbonyl (C=O) groups is 1. The Kier molecular flexibility index (Phi) is 4.62. The van der Waals surface area contributed by atoms with Crippen molar-refractivity contribution in [3.8, 4) is 0 Å². The van der Waals surface area contributed by atoms with Crippen molar-refractivity contribution in [3.63, 3.8) is 0 Å². The predicted octanol–water partition coefficient (Wildman–Crippen LogP) is 2.14. The van der Waals surface area contributed by atoms with Gasteiger partial charge in [0, 0.05) is 18.8 Å². The Morgan fingerprint density at radius 1 is 1.38 bits per heavy atom. The Labute approximate surface area is 102 Å². The van der Waals surface area contributed by atoms with E-state index in [4.69, 9.17) is 0 Å². The van der Waals surface area contributed by atoms with Gasteiger partial charge in [0.25, 0.3) is 0 Å². The molecular formula is C12H17ClN2O. The van der Waals surface area contributed by atoms with E-state index in [-0.39, 0.29) is 18.3 Å². The van der Waals surface area contributed by atoms with Gasteiger partial charge in [0.15, 0.2) is 0 Å². The summed E-state index contributed by atoms with van der Waals surface area (Å²) in [5.41, 5.74) is 0.995. The lowest BCUT2D eigenvalue weighted by atomic mass is 10.3. The molecule has 88 valence electrons. The summed E-state index contributed by atoms with van der Waals surface area (Å²) in [6, 6.07) is 10.3. The smallest absolute Gasteiger partial charge is 0.241 e. The van der Waals surface area contributed by atoms with E-state index in [1.54, 1.807) is 0 Å². The lowest BCUT2D eigenvalue weighted by Crippen LogP contribution is -2.33. The van der Waals surface area contributed by atoms with Crippen LogP contribution in [0, 0.1) is 0 Å². The first-order valence-corrected chi connectivity index (χ1v) is 5.32. The number of likely N-dealkylation sites (N-methyl/N-ethyl adjacent to an activating group) is 1. The number of rotatable bonds is 4. The summed E-state index contributed by atoms with van der Waals surface area (Å²) in [5, 5.41) is 3.12. The molecule has 0 aliphatic heterocycles. The number of anilines is 1. The molecule has 1 amide bonds. The van der Waals surface area contributed by atoms with Crippen LogP contribution < -0.4 is 5.32 Å². The van der Waals surface area contributed by atoms with Crippen LogP contribution in [0.4, 0.5) is 5.69 Å². The molecule has 1 saturated carbocycles. The minimum Gasteiger partial charge on any atom is -0.376 e. The fourth-order valence-electron chi connectivity index (χ4n) is 1.52. The molecular weight excluding hydrogens is 224 g/mol. The second-order valence-electron chi connectivity index (χ2n) is 3.96. The lowest BCUT2D eigenvalue weighted by molar-refractivity contribution is -0.128. The summed E-state index contributed by atoms with van der Waals surface area (Å²) < 4.78 is 0. The van der Waals surface area contributed by atoms with E-state index in [0.717, 1.165) is 18.5 Å². The molecule has 0 saturated heterocycles. The van der Waals surface area contributed by atoms with Crippen molar-refractivity contribution in [2.75, 3.05) is 18.9 Å². The standard InChI is InChI=1S/C12H16N2O.ClH/c1-14(11-7-8-11)12(15)9-13-10-5-3-2-4-6-10;/h2-6,11,13H,7-9H2,1H3;1H. The molecule has 0 aromatic heterocycles. The van der Waals surface area contributed by atoms with Gasteiger partial charge in [-0.15, -0.1) is 12.4 Å². The van der Waals surface area contributed by atoms with Crippen molar-refractivity contribution >= 4 is 24.0 Å².